The molecule has 0 spiro atoms. The summed E-state index contributed by atoms with van der Waals surface area (Å²) in [6, 6.07) is 13.6. The molecule has 0 aliphatic rings. The van der Waals surface area contributed by atoms with E-state index < -0.39 is 5.91 Å². The first-order valence-electron chi connectivity index (χ1n) is 7.12. The quantitative estimate of drug-likeness (QED) is 0.725. The third-order valence-corrected chi connectivity index (χ3v) is 3.13. The number of nitrogens with two attached hydrogens (primary N) is 1. The van der Waals surface area contributed by atoms with E-state index in [4.69, 9.17) is 10.5 Å². The van der Waals surface area contributed by atoms with Crippen molar-refractivity contribution in [2.75, 3.05) is 11.9 Å². The van der Waals surface area contributed by atoms with Gasteiger partial charge in [-0.2, -0.15) is 0 Å². The number of amides is 2. The van der Waals surface area contributed by atoms with Crippen molar-refractivity contribution in [2.45, 2.75) is 12.8 Å². The van der Waals surface area contributed by atoms with Crippen LogP contribution in [-0.4, -0.2) is 23.5 Å². The molecule has 0 aliphatic heterocycles. The minimum absolute atomic E-state index is 0.154. The van der Waals surface area contributed by atoms with Crippen molar-refractivity contribution in [1.29, 1.82) is 0 Å². The zero-order valence-corrected chi connectivity index (χ0v) is 12.5. The van der Waals surface area contributed by atoms with Crippen molar-refractivity contribution in [3.05, 3.63) is 54.1 Å². The summed E-state index contributed by atoms with van der Waals surface area (Å²) in [4.78, 5) is 22.5. The lowest BCUT2D eigenvalue weighted by molar-refractivity contribution is -0.120. The predicted octanol–water partition coefficient (Wildman–Crippen LogP) is 1.83. The Labute approximate surface area is 133 Å². The minimum atomic E-state index is -0.549. The van der Waals surface area contributed by atoms with E-state index in [1.807, 2.05) is 6.07 Å². The molecule has 2 rings (SSSR count). The second-order valence-corrected chi connectivity index (χ2v) is 4.96. The molecule has 6 heteroatoms. The first-order valence-corrected chi connectivity index (χ1v) is 7.12. The molecule has 2 amide bonds. The molecule has 0 heterocycles. The van der Waals surface area contributed by atoms with Crippen molar-refractivity contribution in [3.8, 4) is 11.5 Å². The summed E-state index contributed by atoms with van der Waals surface area (Å²) in [5.41, 5.74) is 6.35. The van der Waals surface area contributed by atoms with Gasteiger partial charge in [0, 0.05) is 12.1 Å². The maximum absolute atomic E-state index is 11.9. The number of rotatable bonds is 7. The molecular formula is C17H18N2O4. The van der Waals surface area contributed by atoms with Crippen LogP contribution in [0.1, 0.15) is 12.0 Å². The van der Waals surface area contributed by atoms with Gasteiger partial charge in [-0.25, -0.2) is 0 Å². The molecule has 120 valence electrons. The van der Waals surface area contributed by atoms with Crippen molar-refractivity contribution in [2.24, 2.45) is 5.73 Å². The summed E-state index contributed by atoms with van der Waals surface area (Å²) in [6.07, 6.45) is 0.718. The molecule has 4 N–H and O–H groups in total. The number of hydrogen-bond acceptors (Lipinski definition) is 4. The largest absolute Gasteiger partial charge is 0.508 e. The van der Waals surface area contributed by atoms with Gasteiger partial charge in [-0.15, -0.1) is 0 Å². The number of phenolic OH excluding ortho intramolecular Hbond substituents is 1. The molecule has 2 aromatic carbocycles. The van der Waals surface area contributed by atoms with Crippen LogP contribution in [0.15, 0.2) is 48.5 Å². The Bertz CT molecular complexity index is 683. The van der Waals surface area contributed by atoms with E-state index in [-0.39, 0.29) is 24.7 Å². The fraction of sp³-hybridized carbons (Fsp3) is 0.176. The fourth-order valence-corrected chi connectivity index (χ4v) is 1.98. The lowest BCUT2D eigenvalue weighted by atomic mass is 10.1. The molecule has 0 bridgehead atoms. The van der Waals surface area contributed by atoms with Crippen LogP contribution in [-0.2, 0) is 16.0 Å². The molecule has 6 nitrogen and oxygen atoms in total. The number of primary amides is 1. The van der Waals surface area contributed by atoms with E-state index in [1.165, 1.54) is 0 Å². The highest BCUT2D eigenvalue weighted by Crippen LogP contribution is 2.18. The van der Waals surface area contributed by atoms with Gasteiger partial charge in [-0.1, -0.05) is 18.2 Å². The number of phenols is 1. The molecule has 0 radical (unpaired) electrons. The van der Waals surface area contributed by atoms with E-state index in [9.17, 15) is 14.7 Å². The van der Waals surface area contributed by atoms with Gasteiger partial charge in [0.2, 0.25) is 5.91 Å². The van der Waals surface area contributed by atoms with Crippen LogP contribution in [0.25, 0.3) is 0 Å². The summed E-state index contributed by atoms with van der Waals surface area (Å²) in [6.45, 7) is -0.188. The summed E-state index contributed by atoms with van der Waals surface area (Å²) in [5.74, 6) is -0.0159. The Kier molecular flexibility index (Phi) is 5.57. The van der Waals surface area contributed by atoms with Crippen LogP contribution in [0, 0.1) is 0 Å². The Balaban J connectivity index is 1.83. The highest BCUT2D eigenvalue weighted by atomic mass is 16.5. The molecule has 0 aliphatic carbocycles. The number of nitrogens with one attached hydrogen (secondary N) is 1. The van der Waals surface area contributed by atoms with Gasteiger partial charge in [0.05, 0.1) is 0 Å². The van der Waals surface area contributed by atoms with Gasteiger partial charge in [0.15, 0.2) is 6.61 Å². The molecular weight excluding hydrogens is 296 g/mol. The predicted molar refractivity (Wildman–Crippen MR) is 86.2 cm³/mol. The maximum Gasteiger partial charge on any atom is 0.255 e. The number of benzene rings is 2. The molecule has 0 atom stereocenters. The Morgan fingerprint density at radius 2 is 1.78 bits per heavy atom. The van der Waals surface area contributed by atoms with Gasteiger partial charge in [0.25, 0.3) is 5.91 Å². The first kappa shape index (κ1) is 16.4. The lowest BCUT2D eigenvalue weighted by Gasteiger charge is -2.08. The molecule has 0 unspecified atom stereocenters. The molecule has 23 heavy (non-hydrogen) atoms. The van der Waals surface area contributed by atoms with Gasteiger partial charge in [0.1, 0.15) is 11.5 Å². The average molecular weight is 314 g/mol. The van der Waals surface area contributed by atoms with E-state index in [1.54, 1.807) is 42.5 Å². The molecule has 0 aromatic heterocycles. The van der Waals surface area contributed by atoms with E-state index >= 15 is 0 Å². The molecule has 0 saturated carbocycles. The van der Waals surface area contributed by atoms with Crippen LogP contribution < -0.4 is 15.8 Å². The fourth-order valence-electron chi connectivity index (χ4n) is 1.98. The van der Waals surface area contributed by atoms with Gasteiger partial charge < -0.3 is 20.9 Å². The van der Waals surface area contributed by atoms with Crippen LogP contribution in [0.2, 0.25) is 0 Å². The second-order valence-electron chi connectivity index (χ2n) is 4.96. The van der Waals surface area contributed by atoms with E-state index in [0.717, 1.165) is 5.56 Å². The van der Waals surface area contributed by atoms with E-state index in [0.29, 0.717) is 17.9 Å². The number of carbonyl (C=O) groups is 2. The number of para-hydroxylation sites is 1. The van der Waals surface area contributed by atoms with Gasteiger partial charge in [-0.3, -0.25) is 9.59 Å². The van der Waals surface area contributed by atoms with Crippen LogP contribution in [0.3, 0.4) is 0 Å². The lowest BCUT2D eigenvalue weighted by Crippen LogP contribution is -2.20. The number of anilines is 1. The van der Waals surface area contributed by atoms with Crippen molar-refractivity contribution in [3.63, 3.8) is 0 Å². The SMILES string of the molecule is NC(=O)COc1ccc(NC(=O)CCc2ccccc2O)cc1. The molecule has 0 saturated heterocycles. The first-order chi connectivity index (χ1) is 11.0. The normalized spacial score (nSPS) is 10.1. The number of hydrogen-bond donors (Lipinski definition) is 3. The van der Waals surface area contributed by atoms with Crippen molar-refractivity contribution < 1.29 is 19.4 Å². The number of ether oxygens (including phenoxy) is 1. The summed E-state index contributed by atoms with van der Waals surface area (Å²) in [5, 5.41) is 12.4. The third-order valence-electron chi connectivity index (χ3n) is 3.13. The van der Waals surface area contributed by atoms with Crippen molar-refractivity contribution in [1.82, 2.24) is 0 Å². The van der Waals surface area contributed by atoms with Gasteiger partial charge >= 0.3 is 0 Å². The molecule has 0 fully saturated rings. The standard InChI is InChI=1S/C17H18N2O4/c18-16(21)11-23-14-8-6-13(7-9-14)19-17(22)10-5-12-3-1-2-4-15(12)20/h1-4,6-9,20H,5,10-11H2,(H2,18,21)(H,19,22). The maximum atomic E-state index is 11.9. The summed E-state index contributed by atoms with van der Waals surface area (Å²) in [7, 11) is 0. The van der Waals surface area contributed by atoms with Gasteiger partial charge in [-0.05, 0) is 42.3 Å². The number of carbonyl (C=O) groups excluding carboxylic acids is 2. The molecule has 2 aromatic rings. The third kappa shape index (κ3) is 5.35. The number of aromatic hydroxyl groups is 1. The Hall–Kier alpha value is -3.02. The topological polar surface area (TPSA) is 102 Å². The summed E-state index contributed by atoms with van der Waals surface area (Å²) >= 11 is 0. The summed E-state index contributed by atoms with van der Waals surface area (Å²) < 4.78 is 5.13. The smallest absolute Gasteiger partial charge is 0.255 e. The minimum Gasteiger partial charge on any atom is -0.508 e. The average Bonchev–Trinajstić information content (AvgIpc) is 2.53. The van der Waals surface area contributed by atoms with E-state index in [2.05, 4.69) is 5.32 Å². The number of aryl methyl sites for hydroxylation is 1. The Morgan fingerprint density at radius 1 is 1.09 bits per heavy atom. The van der Waals surface area contributed by atoms with Crippen molar-refractivity contribution >= 4 is 17.5 Å². The van der Waals surface area contributed by atoms with Crippen LogP contribution >= 0.6 is 0 Å². The highest BCUT2D eigenvalue weighted by molar-refractivity contribution is 5.90. The monoisotopic (exact) mass is 314 g/mol. The zero-order chi connectivity index (χ0) is 16.7. The Morgan fingerprint density at radius 3 is 2.43 bits per heavy atom. The highest BCUT2D eigenvalue weighted by Gasteiger charge is 2.06. The van der Waals surface area contributed by atoms with Crippen LogP contribution in [0.5, 0.6) is 11.5 Å². The second kappa shape index (κ2) is 7.84. The zero-order valence-electron chi connectivity index (χ0n) is 12.5. The van der Waals surface area contributed by atoms with Crippen LogP contribution in [0.4, 0.5) is 5.69 Å².